The normalized spacial score (nSPS) is 6.83. The van der Waals surface area contributed by atoms with Gasteiger partial charge >= 0.3 is 64.2 Å². The Balaban J connectivity index is -0.000000405. The van der Waals surface area contributed by atoms with Crippen LogP contribution in [0, 0.1) is 0 Å². The van der Waals surface area contributed by atoms with E-state index in [1.807, 2.05) is 0 Å². The van der Waals surface area contributed by atoms with E-state index in [2.05, 4.69) is 9.47 Å². The van der Waals surface area contributed by atoms with Crippen molar-refractivity contribution < 1.29 is 23.9 Å². The first kappa shape index (κ1) is 18.0. The minimum atomic E-state index is -1.29. The number of esters is 2. The summed E-state index contributed by atoms with van der Waals surface area (Å²) in [5, 5.41) is 0. The highest BCUT2D eigenvalue weighted by Crippen LogP contribution is 1.85. The van der Waals surface area contributed by atoms with Crippen molar-refractivity contribution in [1.29, 1.82) is 0 Å². The van der Waals surface area contributed by atoms with Gasteiger partial charge in [-0.2, -0.15) is 0 Å². The van der Waals surface area contributed by atoms with Crippen LogP contribution in [-0.2, 0) is 19.1 Å². The molecule has 0 bridgehead atoms. The van der Waals surface area contributed by atoms with Crippen molar-refractivity contribution in [3.05, 3.63) is 0 Å². The Bertz CT molecular complexity index is 161. The lowest BCUT2D eigenvalue weighted by molar-refractivity contribution is -0.143. The summed E-state index contributed by atoms with van der Waals surface area (Å²) in [6.07, 6.45) is -1.29. The van der Waals surface area contributed by atoms with Crippen molar-refractivity contribution in [1.82, 2.24) is 0 Å². The van der Waals surface area contributed by atoms with Gasteiger partial charge in [-0.1, -0.05) is 0 Å². The van der Waals surface area contributed by atoms with Crippen molar-refractivity contribution in [3.63, 3.8) is 0 Å². The van der Waals surface area contributed by atoms with Crippen molar-refractivity contribution in [3.8, 4) is 0 Å². The van der Waals surface area contributed by atoms with Gasteiger partial charge in [-0.25, -0.2) is 4.79 Å². The third-order valence-electron chi connectivity index (χ3n) is 0.454. The minimum Gasteiger partial charge on any atom is -0.361 e. The van der Waals surface area contributed by atoms with Crippen LogP contribution in [0.25, 0.3) is 0 Å². The van der Waals surface area contributed by atoms with Gasteiger partial charge in [0.05, 0.1) is 0 Å². The first-order chi connectivity index (χ1) is 4.52. The molecular weight excluding hydrogens is 189 g/mol. The number of hydrogen-bond donors (Lipinski definition) is 0. The lowest BCUT2D eigenvalue weighted by atomic mass is 10.8. The van der Waals surface area contributed by atoms with Crippen molar-refractivity contribution >= 4 is 64.2 Å². The van der Waals surface area contributed by atoms with Crippen LogP contribution in [0.5, 0.6) is 0 Å². The molecule has 0 spiro atoms. The Labute approximate surface area is 101 Å². The number of rotatable bonds is 0. The summed E-state index contributed by atoms with van der Waals surface area (Å²) in [7, 11) is 0. The third-order valence-corrected chi connectivity index (χ3v) is 0.454. The summed E-state index contributed by atoms with van der Waals surface area (Å²) in [5.41, 5.74) is 0. The highest BCUT2D eigenvalue weighted by atomic mass is 24.3. The number of carbonyl (C=O) groups excluding carboxylic acids is 3. The Morgan fingerprint density at radius 2 is 1.08 bits per heavy atom. The molecule has 5 nitrogen and oxygen atoms in total. The number of carbonyl (C=O) groups is 3. The predicted octanol–water partition coefficient (Wildman–Crippen LogP) is -1.60. The van der Waals surface area contributed by atoms with E-state index < -0.39 is 18.1 Å². The number of hydrogen-bond acceptors (Lipinski definition) is 5. The van der Waals surface area contributed by atoms with E-state index in [0.29, 0.717) is 0 Å². The largest absolute Gasteiger partial charge is 0.524 e. The monoisotopic (exact) mass is 198 g/mol. The summed E-state index contributed by atoms with van der Waals surface area (Å²) < 4.78 is 7.68. The van der Waals surface area contributed by atoms with E-state index in [-0.39, 0.29) is 46.1 Å². The van der Waals surface area contributed by atoms with Gasteiger partial charge < -0.3 is 9.47 Å². The maximum atomic E-state index is 10.2. The van der Waals surface area contributed by atoms with E-state index in [1.54, 1.807) is 0 Å². The fourth-order valence-electron chi connectivity index (χ4n) is 0.256. The van der Waals surface area contributed by atoms with Gasteiger partial charge in [-0.05, 0) is 0 Å². The lowest BCUT2D eigenvalue weighted by Gasteiger charge is -1.95. The van der Waals surface area contributed by atoms with E-state index >= 15 is 0 Å². The Hall–Kier alpha value is 0.142. The number of ether oxygens (including phenoxy) is 2. The van der Waals surface area contributed by atoms with Gasteiger partial charge in [0.2, 0.25) is 0 Å². The summed E-state index contributed by atoms with van der Waals surface area (Å²) in [5.74, 6) is -1.63. The maximum Gasteiger partial charge on any atom is 0.524 e. The van der Waals surface area contributed by atoms with Gasteiger partial charge in [-0.3, -0.25) is 9.59 Å². The second-order valence-electron chi connectivity index (χ2n) is 1.44. The van der Waals surface area contributed by atoms with E-state index in [4.69, 9.17) is 0 Å². The molecule has 7 heteroatoms. The zero-order chi connectivity index (χ0) is 8.15. The van der Waals surface area contributed by atoms with Crippen LogP contribution >= 0.6 is 0 Å². The molecule has 0 amide bonds. The van der Waals surface area contributed by atoms with Crippen molar-refractivity contribution in [2.24, 2.45) is 0 Å². The van der Waals surface area contributed by atoms with Gasteiger partial charge in [0, 0.05) is 13.8 Å². The fourth-order valence-corrected chi connectivity index (χ4v) is 0.256. The van der Waals surface area contributed by atoms with Crippen LogP contribution in [0.1, 0.15) is 13.8 Å². The molecule has 0 heterocycles. The van der Waals surface area contributed by atoms with Gasteiger partial charge in [0.1, 0.15) is 0 Å². The van der Waals surface area contributed by atoms with Crippen LogP contribution < -0.4 is 0 Å². The summed E-state index contributed by atoms with van der Waals surface area (Å²) in [6.45, 7) is 2.06. The Kier molecular flexibility index (Phi) is 13.9. The molecular formula is C5H10Mg2O5. The molecule has 0 aliphatic heterocycles. The molecule has 0 aromatic carbocycles. The van der Waals surface area contributed by atoms with E-state index in [9.17, 15) is 14.4 Å². The van der Waals surface area contributed by atoms with Crippen LogP contribution in [0.4, 0.5) is 4.79 Å². The van der Waals surface area contributed by atoms with Gasteiger partial charge in [0.25, 0.3) is 0 Å². The Morgan fingerprint density at radius 1 is 0.833 bits per heavy atom. The van der Waals surface area contributed by atoms with E-state index in [0.717, 1.165) is 13.8 Å². The van der Waals surface area contributed by atoms with Crippen molar-refractivity contribution in [2.75, 3.05) is 0 Å². The minimum absolute atomic E-state index is 0. The molecule has 0 rings (SSSR count). The molecule has 0 fully saturated rings. The molecule has 12 heavy (non-hydrogen) atoms. The zero-order valence-electron chi connectivity index (χ0n) is 5.54. The average Bonchev–Trinajstić information content (AvgIpc) is 1.58. The first-order valence-electron chi connectivity index (χ1n) is 2.43. The van der Waals surface area contributed by atoms with Gasteiger partial charge in [0.15, 0.2) is 0 Å². The second-order valence-corrected chi connectivity index (χ2v) is 1.44. The average molecular weight is 199 g/mol. The molecule has 0 radical (unpaired) electrons. The highest BCUT2D eigenvalue weighted by Gasteiger charge is 2.08. The predicted molar refractivity (Wildman–Crippen MR) is 46.0 cm³/mol. The maximum absolute atomic E-state index is 10.2. The molecule has 0 aliphatic rings. The lowest BCUT2D eigenvalue weighted by Crippen LogP contribution is -2.13. The Morgan fingerprint density at radius 3 is 1.25 bits per heavy atom. The van der Waals surface area contributed by atoms with Crippen LogP contribution in [0.2, 0.25) is 0 Å². The molecule has 0 N–H and O–H groups in total. The zero-order valence-corrected chi connectivity index (χ0v) is 5.54. The van der Waals surface area contributed by atoms with Gasteiger partial charge in [-0.15, -0.1) is 0 Å². The molecule has 64 valence electrons. The first-order valence-corrected chi connectivity index (χ1v) is 2.43. The quantitative estimate of drug-likeness (QED) is 0.267. The van der Waals surface area contributed by atoms with Crippen LogP contribution in [0.15, 0.2) is 0 Å². The van der Waals surface area contributed by atoms with Crippen LogP contribution in [0.3, 0.4) is 0 Å². The molecule has 0 aromatic rings. The molecule has 0 saturated carbocycles. The second kappa shape index (κ2) is 9.23. The standard InChI is InChI=1S/C5H6O5.2Mg.4H/c1-3(6)9-5(8)10-4(2)7;;;;;;/h1-2H3;;;;;;. The van der Waals surface area contributed by atoms with E-state index in [1.165, 1.54) is 0 Å². The molecule has 0 aliphatic carbocycles. The van der Waals surface area contributed by atoms with Crippen LogP contribution in [-0.4, -0.2) is 64.2 Å². The summed E-state index contributed by atoms with van der Waals surface area (Å²) in [6, 6.07) is 0. The molecule has 0 atom stereocenters. The fraction of sp³-hybridized carbons (Fsp3) is 0.400. The smallest absolute Gasteiger partial charge is 0.361 e. The summed E-state index contributed by atoms with van der Waals surface area (Å²) >= 11 is 0. The molecule has 0 saturated heterocycles. The summed E-state index contributed by atoms with van der Waals surface area (Å²) in [4.78, 5) is 30.2. The SMILES string of the molecule is CC(=O)OC(=O)OC(C)=O.[MgH2].[MgH2]. The van der Waals surface area contributed by atoms with Crippen molar-refractivity contribution in [2.45, 2.75) is 13.8 Å². The highest BCUT2D eigenvalue weighted by molar-refractivity contribution is 5.86. The topological polar surface area (TPSA) is 69.7 Å². The molecule has 0 unspecified atom stereocenters. The molecule has 0 aromatic heterocycles. The third kappa shape index (κ3) is 12.8.